The van der Waals surface area contributed by atoms with Gasteiger partial charge in [0.2, 0.25) is 0 Å². The van der Waals surface area contributed by atoms with Crippen molar-refractivity contribution in [2.24, 2.45) is 0 Å². The van der Waals surface area contributed by atoms with Crippen LogP contribution < -0.4 is 10.9 Å². The maximum Gasteiger partial charge on any atom is 0.305 e. The second-order valence-corrected chi connectivity index (χ2v) is 4.26. The van der Waals surface area contributed by atoms with E-state index < -0.39 is 5.91 Å². The molecule has 0 radical (unpaired) electrons. The molecule has 5 nitrogen and oxygen atoms in total. The van der Waals surface area contributed by atoms with E-state index >= 15 is 0 Å². The summed E-state index contributed by atoms with van der Waals surface area (Å²) in [6, 6.07) is 8.58. The van der Waals surface area contributed by atoms with Gasteiger partial charge >= 0.3 is 5.91 Å². The minimum atomic E-state index is -0.497. The fourth-order valence-corrected chi connectivity index (χ4v) is 1.76. The summed E-state index contributed by atoms with van der Waals surface area (Å²) < 4.78 is 4.91. The lowest BCUT2D eigenvalue weighted by Gasteiger charge is -2.07. The third-order valence-corrected chi connectivity index (χ3v) is 2.52. The van der Waals surface area contributed by atoms with Crippen molar-refractivity contribution >= 4 is 11.8 Å². The lowest BCUT2D eigenvalue weighted by atomic mass is 10.1. The Kier molecular flexibility index (Phi) is 3.66. The summed E-state index contributed by atoms with van der Waals surface area (Å²) in [5.74, 6) is -0.727. The third-order valence-electron chi connectivity index (χ3n) is 2.52. The molecule has 1 aromatic heterocycles. The summed E-state index contributed by atoms with van der Waals surface area (Å²) in [6.45, 7) is 3.82. The lowest BCUT2D eigenvalue weighted by Crippen LogP contribution is -2.41. The molecule has 0 aliphatic heterocycles. The van der Waals surface area contributed by atoms with E-state index in [4.69, 9.17) is 4.42 Å². The molecule has 1 heterocycles. The number of carbonyl (C=O) groups excluding carboxylic acids is 2. The van der Waals surface area contributed by atoms with Crippen LogP contribution in [0.1, 0.15) is 32.0 Å². The van der Waals surface area contributed by atoms with Crippen LogP contribution in [-0.2, 0) is 0 Å². The lowest BCUT2D eigenvalue weighted by molar-refractivity contribution is 0.0831. The molecule has 0 spiro atoms. The number of furan rings is 1. The van der Waals surface area contributed by atoms with E-state index in [2.05, 4.69) is 10.9 Å². The van der Waals surface area contributed by atoms with Gasteiger partial charge in [0.05, 0.1) is 6.26 Å². The Bertz CT molecular complexity index is 583. The molecule has 0 unspecified atom stereocenters. The number of amides is 2. The van der Waals surface area contributed by atoms with Gasteiger partial charge < -0.3 is 4.42 Å². The largest absolute Gasteiger partial charge is 0.459 e. The minimum absolute atomic E-state index is 0.140. The number of aryl methyl sites for hydroxylation is 2. The first-order chi connectivity index (χ1) is 9.06. The third kappa shape index (κ3) is 3.22. The Morgan fingerprint density at radius 2 is 1.63 bits per heavy atom. The van der Waals surface area contributed by atoms with Gasteiger partial charge in [-0.2, -0.15) is 0 Å². The molecule has 0 saturated heterocycles. The molecule has 0 saturated carbocycles. The van der Waals surface area contributed by atoms with Crippen LogP contribution in [0.15, 0.2) is 41.0 Å². The predicted molar refractivity (Wildman–Crippen MR) is 69.6 cm³/mol. The van der Waals surface area contributed by atoms with Crippen molar-refractivity contribution in [1.82, 2.24) is 10.9 Å². The zero-order valence-electron chi connectivity index (χ0n) is 10.7. The van der Waals surface area contributed by atoms with Crippen molar-refractivity contribution in [3.05, 3.63) is 59.0 Å². The molecule has 0 bridgehead atoms. The Labute approximate surface area is 110 Å². The van der Waals surface area contributed by atoms with E-state index in [9.17, 15) is 9.59 Å². The van der Waals surface area contributed by atoms with Crippen molar-refractivity contribution in [2.45, 2.75) is 13.8 Å². The summed E-state index contributed by atoms with van der Waals surface area (Å²) in [5.41, 5.74) is 7.11. The fraction of sp³-hybridized carbons (Fsp3) is 0.143. The highest BCUT2D eigenvalue weighted by Crippen LogP contribution is 2.08. The molecule has 2 amide bonds. The van der Waals surface area contributed by atoms with Crippen LogP contribution in [0, 0.1) is 13.8 Å². The second kappa shape index (κ2) is 5.39. The molecule has 19 heavy (non-hydrogen) atoms. The molecule has 0 atom stereocenters. The van der Waals surface area contributed by atoms with Crippen molar-refractivity contribution in [3.63, 3.8) is 0 Å². The molecule has 0 aliphatic rings. The van der Waals surface area contributed by atoms with Crippen LogP contribution in [0.5, 0.6) is 0 Å². The van der Waals surface area contributed by atoms with Gasteiger partial charge in [0.15, 0.2) is 5.76 Å². The Morgan fingerprint density at radius 1 is 1.00 bits per heavy atom. The highest BCUT2D eigenvalue weighted by Gasteiger charge is 2.11. The van der Waals surface area contributed by atoms with Gasteiger partial charge in [0.25, 0.3) is 5.91 Å². The fourth-order valence-electron chi connectivity index (χ4n) is 1.76. The number of hydrazine groups is 1. The van der Waals surface area contributed by atoms with E-state index in [1.807, 2.05) is 19.9 Å². The topological polar surface area (TPSA) is 71.3 Å². The van der Waals surface area contributed by atoms with E-state index in [-0.39, 0.29) is 11.7 Å². The van der Waals surface area contributed by atoms with Crippen LogP contribution in [-0.4, -0.2) is 11.8 Å². The molecule has 0 fully saturated rings. The smallest absolute Gasteiger partial charge is 0.305 e. The maximum atomic E-state index is 11.9. The van der Waals surface area contributed by atoms with E-state index in [0.29, 0.717) is 5.56 Å². The summed E-state index contributed by atoms with van der Waals surface area (Å²) in [4.78, 5) is 23.4. The molecular formula is C14H14N2O3. The summed E-state index contributed by atoms with van der Waals surface area (Å²) >= 11 is 0. The molecule has 2 N–H and O–H groups in total. The Balaban J connectivity index is 2.00. The Hall–Kier alpha value is -2.56. The molecule has 98 valence electrons. The standard InChI is InChI=1S/C14H14N2O3/c1-9-6-10(2)8-11(7-9)13(17)15-16-14(18)12-4-3-5-19-12/h3-8H,1-2H3,(H,15,17)(H,16,18). The van der Waals surface area contributed by atoms with Crippen LogP contribution in [0.25, 0.3) is 0 Å². The van der Waals surface area contributed by atoms with Crippen LogP contribution in [0.2, 0.25) is 0 Å². The average molecular weight is 258 g/mol. The molecule has 0 aliphatic carbocycles. The van der Waals surface area contributed by atoms with Gasteiger partial charge in [0, 0.05) is 5.56 Å². The molecule has 5 heteroatoms. The van der Waals surface area contributed by atoms with Gasteiger partial charge in [-0.3, -0.25) is 20.4 Å². The summed E-state index contributed by atoms with van der Waals surface area (Å²) in [7, 11) is 0. The van der Waals surface area contributed by atoms with Crippen molar-refractivity contribution in [1.29, 1.82) is 0 Å². The van der Waals surface area contributed by atoms with E-state index in [0.717, 1.165) is 11.1 Å². The van der Waals surface area contributed by atoms with Crippen molar-refractivity contribution < 1.29 is 14.0 Å². The van der Waals surface area contributed by atoms with Crippen molar-refractivity contribution in [2.75, 3.05) is 0 Å². The first-order valence-electron chi connectivity index (χ1n) is 5.79. The molecule has 2 aromatic rings. The first kappa shape index (κ1) is 12.9. The van der Waals surface area contributed by atoms with Gasteiger partial charge in [-0.25, -0.2) is 0 Å². The van der Waals surface area contributed by atoms with Crippen LogP contribution in [0.4, 0.5) is 0 Å². The van der Waals surface area contributed by atoms with Crippen LogP contribution >= 0.6 is 0 Å². The zero-order chi connectivity index (χ0) is 13.8. The average Bonchev–Trinajstić information content (AvgIpc) is 2.88. The number of hydrogen-bond donors (Lipinski definition) is 2. The number of carbonyl (C=O) groups is 2. The molecule has 2 rings (SSSR count). The number of nitrogens with one attached hydrogen (secondary N) is 2. The number of hydrogen-bond acceptors (Lipinski definition) is 3. The van der Waals surface area contributed by atoms with Gasteiger partial charge in [-0.15, -0.1) is 0 Å². The van der Waals surface area contributed by atoms with Gasteiger partial charge in [-0.05, 0) is 38.1 Å². The summed E-state index contributed by atoms with van der Waals surface area (Å²) in [6.07, 6.45) is 1.39. The highest BCUT2D eigenvalue weighted by molar-refractivity contribution is 5.98. The monoisotopic (exact) mass is 258 g/mol. The van der Waals surface area contributed by atoms with Crippen LogP contribution in [0.3, 0.4) is 0 Å². The second-order valence-electron chi connectivity index (χ2n) is 4.26. The summed E-state index contributed by atoms with van der Waals surface area (Å²) in [5, 5.41) is 0. The van der Waals surface area contributed by atoms with E-state index in [1.165, 1.54) is 12.3 Å². The first-order valence-corrected chi connectivity index (χ1v) is 5.79. The van der Waals surface area contributed by atoms with Gasteiger partial charge in [0.1, 0.15) is 0 Å². The maximum absolute atomic E-state index is 11.9. The quantitative estimate of drug-likeness (QED) is 0.809. The Morgan fingerprint density at radius 3 is 2.21 bits per heavy atom. The SMILES string of the molecule is Cc1cc(C)cc(C(=O)NNC(=O)c2ccco2)c1. The minimum Gasteiger partial charge on any atom is -0.459 e. The predicted octanol–water partition coefficient (Wildman–Crippen LogP) is 1.97. The normalized spacial score (nSPS) is 10.0. The molecular weight excluding hydrogens is 244 g/mol. The number of rotatable bonds is 2. The van der Waals surface area contributed by atoms with Crippen molar-refractivity contribution in [3.8, 4) is 0 Å². The van der Waals surface area contributed by atoms with E-state index in [1.54, 1.807) is 18.2 Å². The van der Waals surface area contributed by atoms with Gasteiger partial charge in [-0.1, -0.05) is 17.2 Å². The highest BCUT2D eigenvalue weighted by atomic mass is 16.3. The number of benzene rings is 1. The zero-order valence-corrected chi connectivity index (χ0v) is 10.7. The molecule has 1 aromatic carbocycles.